The Morgan fingerprint density at radius 2 is 1.70 bits per heavy atom. The molecular weight excluding hydrogens is 454 g/mol. The van der Waals surface area contributed by atoms with Crippen molar-refractivity contribution in [3.8, 4) is 5.82 Å². The van der Waals surface area contributed by atoms with E-state index in [-0.39, 0.29) is 23.5 Å². The molecule has 7 nitrogen and oxygen atoms in total. The Morgan fingerprint density at radius 1 is 1.03 bits per heavy atom. The Balaban J connectivity index is 1.62. The fraction of sp³-hybridized carbons (Fsp3) is 0.350. The number of halogens is 6. The predicted octanol–water partition coefficient (Wildman–Crippen LogP) is 4.23. The fourth-order valence-corrected chi connectivity index (χ4v) is 3.56. The maximum atomic E-state index is 13.4. The minimum absolute atomic E-state index is 0.175. The van der Waals surface area contributed by atoms with Gasteiger partial charge in [-0.15, -0.1) is 4.80 Å². The van der Waals surface area contributed by atoms with Crippen molar-refractivity contribution < 1.29 is 31.1 Å². The summed E-state index contributed by atoms with van der Waals surface area (Å²) in [5.41, 5.74) is -1.52. The zero-order valence-electron chi connectivity index (χ0n) is 16.9. The zero-order valence-corrected chi connectivity index (χ0v) is 16.9. The Labute approximate surface area is 182 Å². The number of amides is 1. The molecule has 4 rings (SSSR count). The molecule has 0 bridgehead atoms. The van der Waals surface area contributed by atoms with Crippen LogP contribution >= 0.6 is 0 Å². The number of carbonyl (C=O) groups is 1. The van der Waals surface area contributed by atoms with Crippen molar-refractivity contribution in [1.82, 2.24) is 30.3 Å². The molecule has 3 aromatic rings. The maximum absolute atomic E-state index is 13.4. The van der Waals surface area contributed by atoms with Gasteiger partial charge in [0.05, 0.1) is 29.9 Å². The summed E-state index contributed by atoms with van der Waals surface area (Å²) in [6.45, 7) is 1.53. The van der Waals surface area contributed by atoms with E-state index < -0.39 is 47.3 Å². The van der Waals surface area contributed by atoms with Gasteiger partial charge in [-0.05, 0) is 43.0 Å². The number of alkyl halides is 6. The van der Waals surface area contributed by atoms with Crippen LogP contribution in [0.2, 0.25) is 0 Å². The van der Waals surface area contributed by atoms with Crippen LogP contribution in [-0.4, -0.2) is 37.0 Å². The summed E-state index contributed by atoms with van der Waals surface area (Å²) in [5, 5.41) is 10.4. The largest absolute Gasteiger partial charge is 0.416 e. The summed E-state index contributed by atoms with van der Waals surface area (Å²) in [6, 6.07) is 1.53. The summed E-state index contributed by atoms with van der Waals surface area (Å²) in [5.74, 6) is -3.54. The summed E-state index contributed by atoms with van der Waals surface area (Å²) < 4.78 is 79.0. The number of carbonyl (C=O) groups excluding carboxylic acids is 1. The molecule has 33 heavy (non-hydrogen) atoms. The lowest BCUT2D eigenvalue weighted by Crippen LogP contribution is -2.29. The van der Waals surface area contributed by atoms with Crippen LogP contribution in [0, 0.1) is 5.92 Å². The topological polar surface area (TPSA) is 85.6 Å². The second kappa shape index (κ2) is 8.12. The van der Waals surface area contributed by atoms with E-state index in [4.69, 9.17) is 0 Å². The third-order valence-electron chi connectivity index (χ3n) is 5.26. The van der Waals surface area contributed by atoms with E-state index in [0.717, 1.165) is 10.9 Å². The van der Waals surface area contributed by atoms with Crippen LogP contribution in [0.1, 0.15) is 52.5 Å². The van der Waals surface area contributed by atoms with Crippen molar-refractivity contribution in [2.24, 2.45) is 5.92 Å². The van der Waals surface area contributed by atoms with Gasteiger partial charge < -0.3 is 5.32 Å². The summed E-state index contributed by atoms with van der Waals surface area (Å²) in [7, 11) is 0. The first-order valence-corrected chi connectivity index (χ1v) is 9.72. The quantitative estimate of drug-likeness (QED) is 0.564. The highest BCUT2D eigenvalue weighted by Crippen LogP contribution is 2.56. The first kappa shape index (κ1) is 22.7. The van der Waals surface area contributed by atoms with Crippen molar-refractivity contribution in [2.75, 3.05) is 0 Å². The summed E-state index contributed by atoms with van der Waals surface area (Å²) >= 11 is 0. The molecule has 0 radical (unpaired) electrons. The van der Waals surface area contributed by atoms with Crippen molar-refractivity contribution >= 4 is 5.91 Å². The molecule has 1 aromatic carbocycles. The third kappa shape index (κ3) is 4.81. The molecule has 1 saturated carbocycles. The molecule has 2 heterocycles. The van der Waals surface area contributed by atoms with Crippen LogP contribution in [-0.2, 0) is 6.18 Å². The standard InChI is InChI=1S/C20H16F6N6O/c1-10(16-17(28-3-2-27-16)32-29-4-5-30-32)31-18(33)12-6-11(7-13(8-12)19(21,22)23)14-9-15(14)20(24,25)26/h2-8,10,14-15H,9H2,1H3,(H,31,33). The second-order valence-corrected chi connectivity index (χ2v) is 7.61. The molecule has 174 valence electrons. The van der Waals surface area contributed by atoms with Gasteiger partial charge in [0.15, 0.2) is 5.82 Å². The van der Waals surface area contributed by atoms with Crippen molar-refractivity contribution in [3.05, 3.63) is 65.4 Å². The van der Waals surface area contributed by atoms with Crippen molar-refractivity contribution in [2.45, 2.75) is 37.7 Å². The number of nitrogens with zero attached hydrogens (tertiary/aromatic N) is 5. The van der Waals surface area contributed by atoms with E-state index in [0.29, 0.717) is 12.1 Å². The Bertz CT molecular complexity index is 1160. The molecular formula is C20H16F6N6O. The van der Waals surface area contributed by atoms with Crippen LogP contribution in [0.15, 0.2) is 43.0 Å². The summed E-state index contributed by atoms with van der Waals surface area (Å²) in [6.07, 6.45) is -4.12. The van der Waals surface area contributed by atoms with Crippen molar-refractivity contribution in [1.29, 1.82) is 0 Å². The van der Waals surface area contributed by atoms with E-state index in [2.05, 4.69) is 25.5 Å². The van der Waals surface area contributed by atoms with E-state index >= 15 is 0 Å². The molecule has 1 aliphatic rings. The molecule has 13 heteroatoms. The average molecular weight is 470 g/mol. The number of nitrogens with one attached hydrogen (secondary N) is 1. The van der Waals surface area contributed by atoms with Crippen LogP contribution < -0.4 is 5.32 Å². The Kier molecular flexibility index (Phi) is 5.58. The lowest BCUT2D eigenvalue weighted by atomic mass is 10.00. The molecule has 0 spiro atoms. The summed E-state index contributed by atoms with van der Waals surface area (Å²) in [4.78, 5) is 22.2. The Hall–Kier alpha value is -3.51. The highest BCUT2D eigenvalue weighted by atomic mass is 19.4. The molecule has 3 unspecified atom stereocenters. The van der Waals surface area contributed by atoms with Gasteiger partial charge >= 0.3 is 12.4 Å². The van der Waals surface area contributed by atoms with Gasteiger partial charge in [0, 0.05) is 18.0 Å². The lowest BCUT2D eigenvalue weighted by molar-refractivity contribution is -0.148. The molecule has 1 fully saturated rings. The number of benzene rings is 1. The van der Waals surface area contributed by atoms with E-state index in [1.165, 1.54) is 31.7 Å². The Morgan fingerprint density at radius 3 is 2.30 bits per heavy atom. The lowest BCUT2D eigenvalue weighted by Gasteiger charge is -2.17. The SMILES string of the molecule is CC(NC(=O)c1cc(C2CC2C(F)(F)F)cc(C(F)(F)F)c1)c1nccnc1-n1nccn1. The fourth-order valence-electron chi connectivity index (χ4n) is 3.56. The van der Waals surface area contributed by atoms with Gasteiger partial charge in [-0.3, -0.25) is 9.78 Å². The predicted molar refractivity (Wildman–Crippen MR) is 101 cm³/mol. The number of aromatic nitrogens is 5. The van der Waals surface area contributed by atoms with Gasteiger partial charge in [-0.25, -0.2) is 4.98 Å². The smallest absolute Gasteiger partial charge is 0.344 e. The normalized spacial score (nSPS) is 19.2. The molecule has 0 aliphatic heterocycles. The number of rotatable bonds is 5. The number of hydrogen-bond acceptors (Lipinski definition) is 5. The van der Waals surface area contributed by atoms with Gasteiger partial charge in [-0.2, -0.15) is 36.5 Å². The maximum Gasteiger partial charge on any atom is 0.416 e. The number of hydrogen-bond donors (Lipinski definition) is 1. The van der Waals surface area contributed by atoms with Crippen LogP contribution in [0.25, 0.3) is 5.82 Å². The van der Waals surface area contributed by atoms with Crippen LogP contribution in [0.4, 0.5) is 26.3 Å². The van der Waals surface area contributed by atoms with E-state index in [9.17, 15) is 31.1 Å². The first-order chi connectivity index (χ1) is 15.4. The molecule has 1 N–H and O–H groups in total. The van der Waals surface area contributed by atoms with Gasteiger partial charge in [0.25, 0.3) is 5.91 Å². The molecule has 2 aromatic heterocycles. The highest BCUT2D eigenvalue weighted by molar-refractivity contribution is 5.95. The van der Waals surface area contributed by atoms with E-state index in [1.54, 1.807) is 0 Å². The molecule has 1 aliphatic carbocycles. The first-order valence-electron chi connectivity index (χ1n) is 9.72. The zero-order chi connectivity index (χ0) is 24.0. The molecule has 1 amide bonds. The third-order valence-corrected chi connectivity index (χ3v) is 5.26. The van der Waals surface area contributed by atoms with Crippen LogP contribution in [0.3, 0.4) is 0 Å². The van der Waals surface area contributed by atoms with Crippen LogP contribution in [0.5, 0.6) is 0 Å². The van der Waals surface area contributed by atoms with Gasteiger partial charge in [0.1, 0.15) is 5.69 Å². The van der Waals surface area contributed by atoms with E-state index in [1.807, 2.05) is 0 Å². The highest BCUT2D eigenvalue weighted by Gasteiger charge is 2.56. The molecule has 3 atom stereocenters. The van der Waals surface area contributed by atoms with Crippen molar-refractivity contribution in [3.63, 3.8) is 0 Å². The minimum Gasteiger partial charge on any atom is -0.344 e. The monoisotopic (exact) mass is 470 g/mol. The minimum atomic E-state index is -4.83. The van der Waals surface area contributed by atoms with Gasteiger partial charge in [0.2, 0.25) is 0 Å². The average Bonchev–Trinajstić information content (AvgIpc) is 3.40. The van der Waals surface area contributed by atoms with Gasteiger partial charge in [-0.1, -0.05) is 0 Å². The molecule has 0 saturated heterocycles. The second-order valence-electron chi connectivity index (χ2n) is 7.61.